The first kappa shape index (κ1) is 15.3. The summed E-state index contributed by atoms with van der Waals surface area (Å²) < 4.78 is 6.68. The Labute approximate surface area is 128 Å². The molecule has 1 aromatic carbocycles. The lowest BCUT2D eigenvalue weighted by Crippen LogP contribution is -2.44. The molecular weight excluding hydrogens is 328 g/mol. The van der Waals surface area contributed by atoms with E-state index in [0.717, 1.165) is 10.0 Å². The molecule has 1 fully saturated rings. The van der Waals surface area contributed by atoms with Gasteiger partial charge in [-0.1, -0.05) is 47.4 Å². The smallest absolute Gasteiger partial charge is 0.0735 e. The fourth-order valence-electron chi connectivity index (χ4n) is 2.54. The van der Waals surface area contributed by atoms with Crippen molar-refractivity contribution in [1.29, 1.82) is 0 Å². The van der Waals surface area contributed by atoms with Crippen molar-refractivity contribution in [3.05, 3.63) is 33.3 Å². The second-order valence-electron chi connectivity index (χ2n) is 5.74. The quantitative estimate of drug-likeness (QED) is 0.887. The van der Waals surface area contributed by atoms with Crippen molar-refractivity contribution in [3.63, 3.8) is 0 Å². The van der Waals surface area contributed by atoms with Gasteiger partial charge in [0.2, 0.25) is 0 Å². The number of ether oxygens (including phenoxy) is 1. The summed E-state index contributed by atoms with van der Waals surface area (Å²) in [5.74, 6) is 0.423. The number of hydrogen-bond acceptors (Lipinski definition) is 2. The Morgan fingerprint density at radius 3 is 2.89 bits per heavy atom. The van der Waals surface area contributed by atoms with Gasteiger partial charge in [-0.25, -0.2) is 0 Å². The average Bonchev–Trinajstić information content (AvgIpc) is 2.33. The van der Waals surface area contributed by atoms with Gasteiger partial charge in [-0.2, -0.15) is 0 Å². The van der Waals surface area contributed by atoms with E-state index < -0.39 is 5.60 Å². The van der Waals surface area contributed by atoms with Crippen LogP contribution in [0, 0.1) is 5.92 Å². The second-order valence-corrected chi connectivity index (χ2v) is 7.07. The maximum Gasteiger partial charge on any atom is 0.0735 e. The van der Waals surface area contributed by atoms with Crippen LogP contribution in [0.25, 0.3) is 0 Å². The highest BCUT2D eigenvalue weighted by Gasteiger charge is 2.36. The molecule has 1 N–H and O–H groups in total. The van der Waals surface area contributed by atoms with Gasteiger partial charge < -0.3 is 9.84 Å². The number of halogens is 2. The Morgan fingerprint density at radius 2 is 2.26 bits per heavy atom. The summed E-state index contributed by atoms with van der Waals surface area (Å²) in [4.78, 5) is 0. The van der Waals surface area contributed by atoms with Gasteiger partial charge in [0.25, 0.3) is 0 Å². The molecular formula is C15H20BrClO2. The van der Waals surface area contributed by atoms with Crippen LogP contribution < -0.4 is 0 Å². The van der Waals surface area contributed by atoms with Crippen LogP contribution in [0.1, 0.15) is 32.3 Å². The number of aliphatic hydroxyl groups is 1. The third-order valence-corrected chi connectivity index (χ3v) is 4.60. The van der Waals surface area contributed by atoms with Crippen molar-refractivity contribution in [2.24, 2.45) is 5.92 Å². The molecule has 0 spiro atoms. The van der Waals surface area contributed by atoms with Gasteiger partial charge >= 0.3 is 0 Å². The maximum absolute atomic E-state index is 10.8. The molecule has 2 rings (SSSR count). The molecule has 4 heteroatoms. The largest absolute Gasteiger partial charge is 0.389 e. The van der Waals surface area contributed by atoms with Crippen LogP contribution >= 0.6 is 27.5 Å². The molecule has 1 aliphatic heterocycles. The first-order valence-corrected chi connectivity index (χ1v) is 7.85. The van der Waals surface area contributed by atoms with Crippen LogP contribution in [0.4, 0.5) is 0 Å². The third-order valence-electron chi connectivity index (χ3n) is 3.76. The molecule has 2 atom stereocenters. The van der Waals surface area contributed by atoms with Crippen molar-refractivity contribution < 1.29 is 9.84 Å². The highest BCUT2D eigenvalue weighted by molar-refractivity contribution is 9.10. The van der Waals surface area contributed by atoms with Gasteiger partial charge in [-0.3, -0.25) is 0 Å². The van der Waals surface area contributed by atoms with E-state index in [9.17, 15) is 5.11 Å². The lowest BCUT2D eigenvalue weighted by molar-refractivity contribution is -0.116. The monoisotopic (exact) mass is 346 g/mol. The van der Waals surface area contributed by atoms with Gasteiger partial charge in [0.1, 0.15) is 0 Å². The van der Waals surface area contributed by atoms with E-state index in [-0.39, 0.29) is 6.10 Å². The van der Waals surface area contributed by atoms with Gasteiger partial charge in [0.15, 0.2) is 0 Å². The Hall–Kier alpha value is -0.0900. The summed E-state index contributed by atoms with van der Waals surface area (Å²) in [6.07, 6.45) is 2.07. The molecule has 2 unspecified atom stereocenters. The van der Waals surface area contributed by atoms with Crippen molar-refractivity contribution in [2.45, 2.75) is 44.8 Å². The molecule has 0 saturated carbocycles. The minimum absolute atomic E-state index is 0.132. The normalized spacial score (nSPS) is 27.8. The minimum Gasteiger partial charge on any atom is -0.389 e. The Morgan fingerprint density at radius 1 is 1.53 bits per heavy atom. The molecule has 0 aliphatic carbocycles. The fraction of sp³-hybridized carbons (Fsp3) is 0.600. The van der Waals surface area contributed by atoms with Crippen LogP contribution in [0.2, 0.25) is 5.02 Å². The van der Waals surface area contributed by atoms with Gasteiger partial charge in [0, 0.05) is 28.9 Å². The van der Waals surface area contributed by atoms with Crippen LogP contribution in [0.5, 0.6) is 0 Å². The summed E-state index contributed by atoms with van der Waals surface area (Å²) in [6.45, 7) is 4.87. The highest BCUT2D eigenvalue weighted by atomic mass is 79.9. The van der Waals surface area contributed by atoms with Crippen molar-refractivity contribution in [2.75, 3.05) is 6.61 Å². The molecule has 0 bridgehead atoms. The standard InChI is InChI=1S/C15H20BrClO2/c1-10(2)14-9-15(18,5-6-19-14)8-11-3-4-12(16)7-13(11)17/h3-4,7,10,14,18H,5-6,8-9H2,1-2H3. The molecule has 1 saturated heterocycles. The van der Waals surface area contributed by atoms with Crippen LogP contribution in [0.15, 0.2) is 22.7 Å². The zero-order chi connectivity index (χ0) is 14.0. The van der Waals surface area contributed by atoms with E-state index in [4.69, 9.17) is 16.3 Å². The predicted octanol–water partition coefficient (Wildman–Crippen LogP) is 4.21. The fourth-order valence-corrected chi connectivity index (χ4v) is 3.28. The lowest BCUT2D eigenvalue weighted by atomic mass is 9.82. The van der Waals surface area contributed by atoms with Gasteiger partial charge in [-0.15, -0.1) is 0 Å². The SMILES string of the molecule is CC(C)C1CC(O)(Cc2ccc(Br)cc2Cl)CCO1. The third kappa shape index (κ3) is 3.94. The first-order chi connectivity index (χ1) is 8.89. The number of hydrogen-bond donors (Lipinski definition) is 1. The molecule has 1 heterocycles. The molecule has 0 radical (unpaired) electrons. The molecule has 0 amide bonds. The van der Waals surface area contributed by atoms with E-state index in [0.29, 0.717) is 36.8 Å². The zero-order valence-corrected chi connectivity index (χ0v) is 13.7. The highest BCUT2D eigenvalue weighted by Crippen LogP contribution is 2.33. The predicted molar refractivity (Wildman–Crippen MR) is 81.6 cm³/mol. The maximum atomic E-state index is 10.8. The Bertz CT molecular complexity index is 450. The summed E-state index contributed by atoms with van der Waals surface area (Å²) in [6, 6.07) is 5.81. The summed E-state index contributed by atoms with van der Waals surface area (Å²) in [5.41, 5.74) is 0.293. The Balaban J connectivity index is 2.12. The average molecular weight is 348 g/mol. The summed E-state index contributed by atoms with van der Waals surface area (Å²) in [7, 11) is 0. The van der Waals surface area contributed by atoms with E-state index in [2.05, 4.69) is 29.8 Å². The van der Waals surface area contributed by atoms with E-state index in [1.54, 1.807) is 0 Å². The zero-order valence-electron chi connectivity index (χ0n) is 11.3. The topological polar surface area (TPSA) is 29.5 Å². The molecule has 2 nitrogen and oxygen atoms in total. The summed E-state index contributed by atoms with van der Waals surface area (Å²) >= 11 is 9.63. The second kappa shape index (κ2) is 6.13. The van der Waals surface area contributed by atoms with Gasteiger partial charge in [-0.05, 0) is 30.0 Å². The number of benzene rings is 1. The van der Waals surface area contributed by atoms with Crippen molar-refractivity contribution >= 4 is 27.5 Å². The van der Waals surface area contributed by atoms with E-state index in [1.807, 2.05) is 18.2 Å². The molecule has 19 heavy (non-hydrogen) atoms. The van der Waals surface area contributed by atoms with Crippen LogP contribution in [0.3, 0.4) is 0 Å². The van der Waals surface area contributed by atoms with E-state index >= 15 is 0 Å². The minimum atomic E-state index is -0.704. The van der Waals surface area contributed by atoms with E-state index in [1.165, 1.54) is 0 Å². The number of rotatable bonds is 3. The molecule has 1 aromatic rings. The molecule has 1 aliphatic rings. The molecule has 0 aromatic heterocycles. The lowest BCUT2D eigenvalue weighted by Gasteiger charge is -2.38. The summed E-state index contributed by atoms with van der Waals surface area (Å²) in [5, 5.41) is 11.5. The molecule has 106 valence electrons. The first-order valence-electron chi connectivity index (χ1n) is 6.67. The van der Waals surface area contributed by atoms with Gasteiger partial charge in [0.05, 0.1) is 11.7 Å². The Kier molecular flexibility index (Phi) is 4.93. The van der Waals surface area contributed by atoms with Crippen LogP contribution in [-0.2, 0) is 11.2 Å². The van der Waals surface area contributed by atoms with Crippen molar-refractivity contribution in [1.82, 2.24) is 0 Å². The van der Waals surface area contributed by atoms with Crippen LogP contribution in [-0.4, -0.2) is 23.4 Å². The van der Waals surface area contributed by atoms with Crippen molar-refractivity contribution in [3.8, 4) is 0 Å².